The lowest BCUT2D eigenvalue weighted by Crippen LogP contribution is -2.54. The highest BCUT2D eigenvalue weighted by Crippen LogP contribution is 2.50. The smallest absolute Gasteiger partial charge is 0.108 e. The van der Waals surface area contributed by atoms with E-state index in [9.17, 15) is 0 Å². The highest BCUT2D eigenvalue weighted by Gasteiger charge is 2.54. The van der Waals surface area contributed by atoms with Gasteiger partial charge in [0.05, 0.1) is 17.2 Å². The van der Waals surface area contributed by atoms with Crippen LogP contribution < -0.4 is 0 Å². The Morgan fingerprint density at radius 3 is 2.86 bits per heavy atom. The highest BCUT2D eigenvalue weighted by atomic mass is 35.5. The Morgan fingerprint density at radius 1 is 1.57 bits per heavy atom. The van der Waals surface area contributed by atoms with E-state index in [1.807, 2.05) is 18.2 Å². The van der Waals surface area contributed by atoms with Crippen molar-refractivity contribution in [2.24, 2.45) is 0 Å². The third-order valence-corrected chi connectivity index (χ3v) is 4.00. The number of hydrogen-bond donors (Lipinski definition) is 0. The van der Waals surface area contributed by atoms with Crippen molar-refractivity contribution in [3.05, 3.63) is 30.1 Å². The molecule has 3 atom stereocenters. The molecule has 4 heteroatoms. The second kappa shape index (κ2) is 3.69. The van der Waals surface area contributed by atoms with Gasteiger partial charge in [0.2, 0.25) is 0 Å². The van der Waals surface area contributed by atoms with Gasteiger partial charge in [-0.05, 0) is 12.1 Å². The molecule has 1 aromatic rings. The predicted molar refractivity (Wildman–Crippen MR) is 56.8 cm³/mol. The fourth-order valence-electron chi connectivity index (χ4n) is 1.70. The second-order valence-corrected chi connectivity index (χ2v) is 4.60. The van der Waals surface area contributed by atoms with E-state index < -0.39 is 4.87 Å². The largest absolute Gasteiger partial charge is 0.380 e. The fraction of sp³-hybridized carbons (Fsp3) is 0.500. The summed E-state index contributed by atoms with van der Waals surface area (Å²) in [5.74, 6) is 0. The molecule has 1 aliphatic carbocycles. The molecule has 1 saturated carbocycles. The maximum absolute atomic E-state index is 6.38. The van der Waals surface area contributed by atoms with Gasteiger partial charge in [-0.25, -0.2) is 0 Å². The Kier molecular flexibility index (Phi) is 2.69. The molecule has 0 N–H and O–H groups in total. The van der Waals surface area contributed by atoms with Crippen molar-refractivity contribution in [1.29, 1.82) is 0 Å². The molecule has 0 spiro atoms. The van der Waals surface area contributed by atoms with Gasteiger partial charge in [-0.1, -0.05) is 6.07 Å². The lowest BCUT2D eigenvalue weighted by molar-refractivity contribution is 0.0158. The predicted octanol–water partition coefficient (Wildman–Crippen LogP) is 2.54. The van der Waals surface area contributed by atoms with Crippen LogP contribution in [0.3, 0.4) is 0 Å². The molecule has 76 valence electrons. The number of ether oxygens (including phenoxy) is 1. The van der Waals surface area contributed by atoms with E-state index in [0.717, 1.165) is 12.1 Å². The number of halogens is 2. The quantitative estimate of drug-likeness (QED) is 0.731. The van der Waals surface area contributed by atoms with Crippen LogP contribution in [0, 0.1) is 0 Å². The van der Waals surface area contributed by atoms with Gasteiger partial charge < -0.3 is 4.74 Å². The Hall–Kier alpha value is -0.310. The fourth-order valence-corrected chi connectivity index (χ4v) is 2.50. The Labute approximate surface area is 93.2 Å². The third kappa shape index (κ3) is 1.42. The summed E-state index contributed by atoms with van der Waals surface area (Å²) in [6, 6.07) is 5.67. The van der Waals surface area contributed by atoms with Gasteiger partial charge in [-0.15, -0.1) is 23.2 Å². The molecule has 1 aliphatic rings. The molecule has 0 saturated heterocycles. The van der Waals surface area contributed by atoms with Crippen molar-refractivity contribution in [3.8, 4) is 0 Å². The van der Waals surface area contributed by atoms with E-state index >= 15 is 0 Å². The standard InChI is InChI=1S/C10H11Cl2NO/c1-14-7-6-10(12,9(7)11)8-4-2-3-5-13-8/h2-5,7,9H,6H2,1H3. The Bertz CT molecular complexity index is 319. The molecule has 0 radical (unpaired) electrons. The lowest BCUT2D eigenvalue weighted by atomic mass is 9.78. The monoisotopic (exact) mass is 231 g/mol. The summed E-state index contributed by atoms with van der Waals surface area (Å²) in [5, 5.41) is -0.205. The minimum Gasteiger partial charge on any atom is -0.380 e. The first-order chi connectivity index (χ1) is 6.68. The van der Waals surface area contributed by atoms with Crippen molar-refractivity contribution in [2.45, 2.75) is 22.8 Å². The first-order valence-corrected chi connectivity index (χ1v) is 5.27. The number of nitrogens with zero attached hydrogens (tertiary/aromatic N) is 1. The van der Waals surface area contributed by atoms with Crippen LogP contribution in [0.15, 0.2) is 24.4 Å². The van der Waals surface area contributed by atoms with Gasteiger partial charge in [-0.3, -0.25) is 4.98 Å². The molecular formula is C10H11Cl2NO. The lowest BCUT2D eigenvalue weighted by Gasteiger charge is -2.46. The summed E-state index contributed by atoms with van der Waals surface area (Å²) in [6.45, 7) is 0. The maximum Gasteiger partial charge on any atom is 0.108 e. The van der Waals surface area contributed by atoms with Crippen molar-refractivity contribution >= 4 is 23.2 Å². The topological polar surface area (TPSA) is 22.1 Å². The van der Waals surface area contributed by atoms with E-state index in [0.29, 0.717) is 0 Å². The maximum atomic E-state index is 6.38. The molecule has 14 heavy (non-hydrogen) atoms. The molecule has 0 amide bonds. The van der Waals surface area contributed by atoms with E-state index in [2.05, 4.69) is 4.98 Å². The van der Waals surface area contributed by atoms with Gasteiger partial charge >= 0.3 is 0 Å². The number of aromatic nitrogens is 1. The zero-order valence-corrected chi connectivity index (χ0v) is 9.29. The molecule has 1 aromatic heterocycles. The van der Waals surface area contributed by atoms with Crippen LogP contribution in [0.2, 0.25) is 0 Å². The van der Waals surface area contributed by atoms with Gasteiger partial charge in [0.15, 0.2) is 0 Å². The minimum atomic E-state index is -0.552. The van der Waals surface area contributed by atoms with Crippen LogP contribution in [0.25, 0.3) is 0 Å². The molecule has 2 rings (SSSR count). The van der Waals surface area contributed by atoms with Crippen LogP contribution in [-0.4, -0.2) is 23.6 Å². The summed E-state index contributed by atoms with van der Waals surface area (Å²) in [4.78, 5) is 3.67. The van der Waals surface area contributed by atoms with E-state index in [-0.39, 0.29) is 11.5 Å². The van der Waals surface area contributed by atoms with E-state index in [4.69, 9.17) is 27.9 Å². The molecule has 0 aliphatic heterocycles. The van der Waals surface area contributed by atoms with Gasteiger partial charge in [0.25, 0.3) is 0 Å². The van der Waals surface area contributed by atoms with E-state index in [1.54, 1.807) is 13.3 Å². The summed E-state index contributed by atoms with van der Waals surface area (Å²) in [7, 11) is 1.65. The normalized spacial score (nSPS) is 36.5. The van der Waals surface area contributed by atoms with Crippen molar-refractivity contribution in [2.75, 3.05) is 7.11 Å². The Balaban J connectivity index is 2.21. The zero-order valence-electron chi connectivity index (χ0n) is 7.78. The first kappa shape index (κ1) is 10.2. The minimum absolute atomic E-state index is 0.0381. The summed E-state index contributed by atoms with van der Waals surface area (Å²) >= 11 is 12.5. The number of hydrogen-bond acceptors (Lipinski definition) is 2. The number of methoxy groups -OCH3 is 1. The summed E-state index contributed by atoms with van der Waals surface area (Å²) < 4.78 is 5.17. The van der Waals surface area contributed by atoms with Crippen LogP contribution in [-0.2, 0) is 9.61 Å². The van der Waals surface area contributed by atoms with Crippen LogP contribution in [0.1, 0.15) is 12.1 Å². The molecule has 2 nitrogen and oxygen atoms in total. The summed E-state index contributed by atoms with van der Waals surface area (Å²) in [6.07, 6.45) is 2.48. The molecule has 1 fully saturated rings. The number of alkyl halides is 2. The van der Waals surface area contributed by atoms with Gasteiger partial charge in [0.1, 0.15) is 4.87 Å². The van der Waals surface area contributed by atoms with Gasteiger partial charge in [0, 0.05) is 19.7 Å². The Morgan fingerprint density at radius 2 is 2.36 bits per heavy atom. The van der Waals surface area contributed by atoms with Crippen molar-refractivity contribution in [1.82, 2.24) is 4.98 Å². The highest BCUT2D eigenvalue weighted by molar-refractivity contribution is 6.34. The van der Waals surface area contributed by atoms with Gasteiger partial charge in [-0.2, -0.15) is 0 Å². The average Bonchev–Trinajstić information content (AvgIpc) is 2.26. The van der Waals surface area contributed by atoms with Crippen LogP contribution in [0.5, 0.6) is 0 Å². The molecular weight excluding hydrogens is 221 g/mol. The van der Waals surface area contributed by atoms with E-state index in [1.165, 1.54) is 0 Å². The summed E-state index contributed by atoms with van der Waals surface area (Å²) in [5.41, 5.74) is 0.829. The van der Waals surface area contributed by atoms with Crippen molar-refractivity contribution in [3.63, 3.8) is 0 Å². The van der Waals surface area contributed by atoms with Crippen molar-refractivity contribution < 1.29 is 4.74 Å². The molecule has 1 heterocycles. The van der Waals surface area contributed by atoms with Crippen LogP contribution >= 0.6 is 23.2 Å². The SMILES string of the molecule is COC1CC(Cl)(c2ccccn2)C1Cl. The first-order valence-electron chi connectivity index (χ1n) is 4.46. The molecule has 3 unspecified atom stereocenters. The third-order valence-electron chi connectivity index (χ3n) is 2.66. The number of rotatable bonds is 2. The number of pyridine rings is 1. The molecule has 0 bridgehead atoms. The van der Waals surface area contributed by atoms with Crippen LogP contribution in [0.4, 0.5) is 0 Å². The molecule has 0 aromatic carbocycles. The zero-order chi connectivity index (χ0) is 10.2. The second-order valence-electron chi connectivity index (χ2n) is 3.46. The average molecular weight is 232 g/mol.